The maximum atomic E-state index is 3.68. The third-order valence-electron chi connectivity index (χ3n) is 5.14. The van der Waals surface area contributed by atoms with E-state index in [9.17, 15) is 0 Å². The number of rotatable bonds is 5. The summed E-state index contributed by atoms with van der Waals surface area (Å²) in [6.07, 6.45) is 4.41. The molecule has 1 aliphatic heterocycles. The highest BCUT2D eigenvalue weighted by atomic mass is 15.2. The molecule has 0 bridgehead atoms. The maximum Gasteiger partial charge on any atom is 0.0449 e. The highest BCUT2D eigenvalue weighted by molar-refractivity contribution is 5.25. The highest BCUT2D eigenvalue weighted by Crippen LogP contribution is 2.38. The van der Waals surface area contributed by atoms with Crippen LogP contribution in [0.5, 0.6) is 0 Å². The molecule has 2 aliphatic rings. The quantitative estimate of drug-likeness (QED) is 0.884. The average molecular weight is 272 g/mol. The van der Waals surface area contributed by atoms with Gasteiger partial charge in [0.2, 0.25) is 0 Å². The Bertz CT molecular complexity index is 431. The van der Waals surface area contributed by atoms with E-state index in [0.29, 0.717) is 6.04 Å². The molecular formula is C18H28N2. The third kappa shape index (κ3) is 3.07. The van der Waals surface area contributed by atoms with Gasteiger partial charge in [-0.3, -0.25) is 0 Å². The molecule has 0 amide bonds. The molecule has 3 unspecified atom stereocenters. The first-order valence-electron chi connectivity index (χ1n) is 8.28. The Labute approximate surface area is 123 Å². The molecule has 3 atom stereocenters. The van der Waals surface area contributed by atoms with Crippen LogP contribution in [0.1, 0.15) is 43.4 Å². The summed E-state index contributed by atoms with van der Waals surface area (Å²) < 4.78 is 0. The molecule has 1 aromatic rings. The number of benzene rings is 1. The number of nitrogens with zero attached hydrogens (tertiary/aromatic N) is 1. The Kier molecular flexibility index (Phi) is 4.42. The molecular weight excluding hydrogens is 244 g/mol. The van der Waals surface area contributed by atoms with E-state index in [1.165, 1.54) is 50.0 Å². The largest absolute Gasteiger partial charge is 0.309 e. The normalized spacial score (nSPS) is 27.7. The third-order valence-corrected chi connectivity index (χ3v) is 5.14. The van der Waals surface area contributed by atoms with Crippen molar-refractivity contribution in [1.82, 2.24) is 10.2 Å². The molecule has 20 heavy (non-hydrogen) atoms. The zero-order valence-corrected chi connectivity index (χ0v) is 12.9. The summed E-state index contributed by atoms with van der Waals surface area (Å²) >= 11 is 0. The summed E-state index contributed by atoms with van der Waals surface area (Å²) in [5, 5.41) is 3.68. The lowest BCUT2D eigenvalue weighted by Gasteiger charge is -2.25. The minimum atomic E-state index is 0.485. The Morgan fingerprint density at radius 2 is 2.00 bits per heavy atom. The van der Waals surface area contributed by atoms with Gasteiger partial charge in [-0.2, -0.15) is 0 Å². The summed E-state index contributed by atoms with van der Waals surface area (Å²) in [4.78, 5) is 2.70. The summed E-state index contributed by atoms with van der Waals surface area (Å²) in [5.41, 5.74) is 2.81. The van der Waals surface area contributed by atoms with E-state index in [1.807, 2.05) is 0 Å². The van der Waals surface area contributed by atoms with Gasteiger partial charge in [-0.25, -0.2) is 0 Å². The predicted octanol–water partition coefficient (Wildman–Crippen LogP) is 3.38. The van der Waals surface area contributed by atoms with Gasteiger partial charge in [-0.1, -0.05) is 43.2 Å². The molecule has 2 fully saturated rings. The van der Waals surface area contributed by atoms with E-state index in [2.05, 4.69) is 48.3 Å². The van der Waals surface area contributed by atoms with Crippen LogP contribution >= 0.6 is 0 Å². The highest BCUT2D eigenvalue weighted by Gasteiger charge is 2.36. The lowest BCUT2D eigenvalue weighted by molar-refractivity contribution is 0.274. The molecule has 1 aliphatic carbocycles. The van der Waals surface area contributed by atoms with Gasteiger partial charge in [0.1, 0.15) is 0 Å². The lowest BCUT2D eigenvalue weighted by Crippen LogP contribution is -2.34. The van der Waals surface area contributed by atoms with Crippen molar-refractivity contribution in [2.45, 2.75) is 39.2 Å². The van der Waals surface area contributed by atoms with Crippen LogP contribution in [0.4, 0.5) is 0 Å². The smallest absolute Gasteiger partial charge is 0.0449 e. The number of aryl methyl sites for hydroxylation is 1. The van der Waals surface area contributed by atoms with Crippen molar-refractivity contribution in [3.63, 3.8) is 0 Å². The number of nitrogens with one attached hydrogen (secondary N) is 1. The molecule has 2 nitrogen and oxygen atoms in total. The van der Waals surface area contributed by atoms with Gasteiger partial charge in [0.25, 0.3) is 0 Å². The molecule has 0 aromatic heterocycles. The van der Waals surface area contributed by atoms with E-state index in [0.717, 1.165) is 18.4 Å². The van der Waals surface area contributed by atoms with Gasteiger partial charge in [0.15, 0.2) is 0 Å². The molecule has 110 valence electrons. The molecule has 2 heteroatoms. The number of likely N-dealkylation sites (tertiary alicyclic amines) is 1. The molecule has 1 heterocycles. The molecule has 1 aromatic carbocycles. The Morgan fingerprint density at radius 1 is 1.25 bits per heavy atom. The van der Waals surface area contributed by atoms with Crippen LogP contribution in [0.3, 0.4) is 0 Å². The van der Waals surface area contributed by atoms with Crippen molar-refractivity contribution in [2.75, 3.05) is 26.2 Å². The van der Waals surface area contributed by atoms with E-state index in [4.69, 9.17) is 0 Å². The summed E-state index contributed by atoms with van der Waals surface area (Å²) in [6, 6.07) is 9.47. The molecule has 1 saturated heterocycles. The van der Waals surface area contributed by atoms with Crippen LogP contribution in [-0.2, 0) is 0 Å². The Morgan fingerprint density at radius 3 is 2.65 bits per heavy atom. The van der Waals surface area contributed by atoms with Crippen molar-refractivity contribution in [1.29, 1.82) is 0 Å². The second-order valence-electron chi connectivity index (χ2n) is 6.69. The second kappa shape index (κ2) is 6.28. The van der Waals surface area contributed by atoms with Crippen molar-refractivity contribution in [3.8, 4) is 0 Å². The number of hydrogen-bond acceptors (Lipinski definition) is 2. The van der Waals surface area contributed by atoms with Gasteiger partial charge in [-0.05, 0) is 43.7 Å². The van der Waals surface area contributed by atoms with Crippen LogP contribution in [0.25, 0.3) is 0 Å². The molecule has 1 N–H and O–H groups in total. The lowest BCUT2D eigenvalue weighted by atomic mass is 10.0. The fourth-order valence-corrected chi connectivity index (χ4v) is 4.16. The Balaban J connectivity index is 1.65. The molecule has 0 spiro atoms. The van der Waals surface area contributed by atoms with Gasteiger partial charge in [0.05, 0.1) is 0 Å². The first kappa shape index (κ1) is 14.1. The topological polar surface area (TPSA) is 15.3 Å². The number of hydrogen-bond donors (Lipinski definition) is 1. The fourth-order valence-electron chi connectivity index (χ4n) is 4.16. The minimum absolute atomic E-state index is 0.485. The van der Waals surface area contributed by atoms with Gasteiger partial charge in [0, 0.05) is 25.7 Å². The van der Waals surface area contributed by atoms with Gasteiger partial charge < -0.3 is 10.2 Å². The van der Waals surface area contributed by atoms with Crippen LogP contribution in [0.2, 0.25) is 0 Å². The van der Waals surface area contributed by atoms with Crippen LogP contribution in [0, 0.1) is 18.8 Å². The monoisotopic (exact) mass is 272 g/mol. The Hall–Kier alpha value is -0.860. The van der Waals surface area contributed by atoms with E-state index in [1.54, 1.807) is 0 Å². The van der Waals surface area contributed by atoms with Crippen molar-refractivity contribution in [2.24, 2.45) is 11.8 Å². The molecule has 1 saturated carbocycles. The van der Waals surface area contributed by atoms with E-state index >= 15 is 0 Å². The number of fused-ring (bicyclic) bond motifs is 1. The number of likely N-dealkylation sites (N-methyl/N-ethyl adjacent to an activating group) is 1. The first-order chi connectivity index (χ1) is 9.76. The van der Waals surface area contributed by atoms with Gasteiger partial charge in [-0.15, -0.1) is 0 Å². The summed E-state index contributed by atoms with van der Waals surface area (Å²) in [7, 11) is 0. The zero-order chi connectivity index (χ0) is 13.9. The first-order valence-corrected chi connectivity index (χ1v) is 8.28. The van der Waals surface area contributed by atoms with Crippen molar-refractivity contribution in [3.05, 3.63) is 35.4 Å². The van der Waals surface area contributed by atoms with Crippen molar-refractivity contribution >= 4 is 0 Å². The SMILES string of the molecule is CCNC(CN1CC2CCCC2C1)c1cccc(C)c1. The van der Waals surface area contributed by atoms with Crippen LogP contribution in [-0.4, -0.2) is 31.1 Å². The van der Waals surface area contributed by atoms with E-state index < -0.39 is 0 Å². The zero-order valence-electron chi connectivity index (χ0n) is 12.9. The fraction of sp³-hybridized carbons (Fsp3) is 0.667. The molecule has 0 radical (unpaired) electrons. The van der Waals surface area contributed by atoms with Crippen LogP contribution < -0.4 is 5.32 Å². The summed E-state index contributed by atoms with van der Waals surface area (Å²) in [6.45, 7) is 9.27. The second-order valence-corrected chi connectivity index (χ2v) is 6.69. The predicted molar refractivity (Wildman–Crippen MR) is 84.9 cm³/mol. The summed E-state index contributed by atoms with van der Waals surface area (Å²) in [5.74, 6) is 1.99. The van der Waals surface area contributed by atoms with Crippen molar-refractivity contribution < 1.29 is 0 Å². The maximum absolute atomic E-state index is 3.68. The average Bonchev–Trinajstić information content (AvgIpc) is 2.99. The van der Waals surface area contributed by atoms with Crippen LogP contribution in [0.15, 0.2) is 24.3 Å². The van der Waals surface area contributed by atoms with E-state index in [-0.39, 0.29) is 0 Å². The molecule has 3 rings (SSSR count). The standard InChI is InChI=1S/C18H28N2/c1-3-19-18(15-7-4-6-14(2)10-15)13-20-11-16-8-5-9-17(16)12-20/h4,6-7,10,16-19H,3,5,8-9,11-13H2,1-2H3. The minimum Gasteiger partial charge on any atom is -0.309 e. The van der Waals surface area contributed by atoms with Gasteiger partial charge >= 0.3 is 0 Å².